The molecule has 1 heterocycles. The monoisotopic (exact) mass is 243 g/mol. The third kappa shape index (κ3) is 3.46. The highest BCUT2D eigenvalue weighted by atomic mass is 16.2. The molecule has 18 heavy (non-hydrogen) atoms. The Bertz CT molecular complexity index is 422. The number of aryl methyl sites for hydroxylation is 1. The third-order valence-electron chi connectivity index (χ3n) is 3.48. The Kier molecular flexibility index (Phi) is 4.57. The van der Waals surface area contributed by atoms with Crippen LogP contribution in [0.5, 0.6) is 0 Å². The second-order valence-corrected chi connectivity index (χ2v) is 4.82. The Morgan fingerprint density at radius 3 is 2.72 bits per heavy atom. The van der Waals surface area contributed by atoms with Gasteiger partial charge in [0.05, 0.1) is 0 Å². The lowest BCUT2D eigenvalue weighted by Crippen LogP contribution is -2.18. The average molecular weight is 243 g/mol. The van der Waals surface area contributed by atoms with Crippen LogP contribution in [0.2, 0.25) is 0 Å². The van der Waals surface area contributed by atoms with Crippen LogP contribution in [0.1, 0.15) is 38.2 Å². The molecule has 0 N–H and O–H groups in total. The summed E-state index contributed by atoms with van der Waals surface area (Å²) in [6.45, 7) is 3.06. The van der Waals surface area contributed by atoms with Gasteiger partial charge in [0.1, 0.15) is 0 Å². The van der Waals surface area contributed by atoms with Crippen LogP contribution in [0.4, 0.5) is 0 Å². The summed E-state index contributed by atoms with van der Waals surface area (Å²) in [7, 11) is 0. The van der Waals surface area contributed by atoms with E-state index in [0.717, 1.165) is 32.2 Å². The summed E-state index contributed by atoms with van der Waals surface area (Å²) in [4.78, 5) is 13.5. The van der Waals surface area contributed by atoms with E-state index in [9.17, 15) is 4.79 Å². The molecule has 1 saturated heterocycles. The molecule has 1 fully saturated rings. The predicted molar refractivity (Wildman–Crippen MR) is 74.1 cm³/mol. The Morgan fingerprint density at radius 2 is 2.11 bits per heavy atom. The number of carbonyl (C=O) groups excluding carboxylic acids is 1. The van der Waals surface area contributed by atoms with Gasteiger partial charge in [-0.05, 0) is 31.2 Å². The highest BCUT2D eigenvalue weighted by molar-refractivity contribution is 5.79. The van der Waals surface area contributed by atoms with Crippen molar-refractivity contribution in [3.8, 4) is 0 Å². The number of allylic oxidation sites excluding steroid dienone is 1. The molecule has 1 amide bonds. The van der Waals surface area contributed by atoms with Gasteiger partial charge in [0, 0.05) is 19.2 Å². The number of hydrogen-bond acceptors (Lipinski definition) is 1. The number of benzene rings is 1. The summed E-state index contributed by atoms with van der Waals surface area (Å²) in [6.07, 6.45) is 6.93. The molecule has 0 spiro atoms. The standard InChI is InChI=1S/C16H21NO/c1-2-14(13-17-12-6-9-16(17)18)10-11-15-7-4-3-5-8-15/h3-5,7-8,13H,2,6,9-12H2,1H3/b14-13-. The van der Waals surface area contributed by atoms with E-state index in [1.54, 1.807) is 0 Å². The molecule has 2 nitrogen and oxygen atoms in total. The first-order chi connectivity index (χ1) is 8.79. The Balaban J connectivity index is 1.93. The van der Waals surface area contributed by atoms with Crippen molar-refractivity contribution in [2.75, 3.05) is 6.54 Å². The lowest BCUT2D eigenvalue weighted by atomic mass is 10.0. The van der Waals surface area contributed by atoms with E-state index in [1.165, 1.54) is 11.1 Å². The molecule has 1 aliphatic heterocycles. The van der Waals surface area contributed by atoms with Crippen molar-refractivity contribution in [1.82, 2.24) is 4.90 Å². The topological polar surface area (TPSA) is 20.3 Å². The Morgan fingerprint density at radius 1 is 1.33 bits per heavy atom. The molecule has 2 rings (SSSR count). The molecule has 1 aliphatic rings. The first-order valence-corrected chi connectivity index (χ1v) is 6.82. The summed E-state index contributed by atoms with van der Waals surface area (Å²) in [5.41, 5.74) is 2.73. The molecule has 1 aromatic carbocycles. The van der Waals surface area contributed by atoms with Crippen LogP contribution in [-0.4, -0.2) is 17.4 Å². The fraction of sp³-hybridized carbons (Fsp3) is 0.438. The molecule has 0 saturated carbocycles. The van der Waals surface area contributed by atoms with Crippen molar-refractivity contribution in [2.24, 2.45) is 0 Å². The van der Waals surface area contributed by atoms with Gasteiger partial charge in [-0.25, -0.2) is 0 Å². The minimum atomic E-state index is 0.278. The highest BCUT2D eigenvalue weighted by Crippen LogP contribution is 2.17. The minimum Gasteiger partial charge on any atom is -0.319 e. The van der Waals surface area contributed by atoms with E-state index >= 15 is 0 Å². The van der Waals surface area contributed by atoms with E-state index in [1.807, 2.05) is 11.0 Å². The molecule has 0 unspecified atom stereocenters. The van der Waals surface area contributed by atoms with Crippen LogP contribution in [0, 0.1) is 0 Å². The SMILES string of the molecule is CC/C(=C/N1CCCC1=O)CCc1ccccc1. The van der Waals surface area contributed by atoms with Crippen molar-refractivity contribution >= 4 is 5.91 Å². The van der Waals surface area contributed by atoms with Crippen molar-refractivity contribution in [3.05, 3.63) is 47.7 Å². The van der Waals surface area contributed by atoms with Crippen LogP contribution in [0.3, 0.4) is 0 Å². The molecule has 0 aliphatic carbocycles. The number of hydrogen-bond donors (Lipinski definition) is 0. The quantitative estimate of drug-likeness (QED) is 0.774. The first kappa shape index (κ1) is 12.9. The van der Waals surface area contributed by atoms with Crippen LogP contribution in [0.15, 0.2) is 42.1 Å². The van der Waals surface area contributed by atoms with Crippen LogP contribution in [0.25, 0.3) is 0 Å². The van der Waals surface area contributed by atoms with Gasteiger partial charge in [-0.1, -0.05) is 42.8 Å². The second kappa shape index (κ2) is 6.39. The smallest absolute Gasteiger partial charge is 0.226 e. The van der Waals surface area contributed by atoms with Crippen LogP contribution in [-0.2, 0) is 11.2 Å². The average Bonchev–Trinajstić information content (AvgIpc) is 2.81. The van der Waals surface area contributed by atoms with Gasteiger partial charge in [0.25, 0.3) is 0 Å². The van der Waals surface area contributed by atoms with Crippen molar-refractivity contribution in [2.45, 2.75) is 39.0 Å². The predicted octanol–water partition coefficient (Wildman–Crippen LogP) is 3.54. The van der Waals surface area contributed by atoms with E-state index < -0.39 is 0 Å². The fourth-order valence-corrected chi connectivity index (χ4v) is 2.31. The van der Waals surface area contributed by atoms with Gasteiger partial charge < -0.3 is 4.90 Å². The molecule has 0 bridgehead atoms. The van der Waals surface area contributed by atoms with E-state index in [4.69, 9.17) is 0 Å². The van der Waals surface area contributed by atoms with Crippen molar-refractivity contribution in [1.29, 1.82) is 0 Å². The molecule has 2 heteroatoms. The van der Waals surface area contributed by atoms with Gasteiger partial charge >= 0.3 is 0 Å². The maximum atomic E-state index is 11.6. The zero-order valence-corrected chi connectivity index (χ0v) is 11.1. The number of carbonyl (C=O) groups is 1. The van der Waals surface area contributed by atoms with Crippen molar-refractivity contribution in [3.63, 3.8) is 0 Å². The largest absolute Gasteiger partial charge is 0.319 e. The Labute approximate surface area is 109 Å². The highest BCUT2D eigenvalue weighted by Gasteiger charge is 2.18. The normalized spacial score (nSPS) is 16.4. The van der Waals surface area contributed by atoms with Gasteiger partial charge in [-0.3, -0.25) is 4.79 Å². The van der Waals surface area contributed by atoms with Crippen LogP contribution < -0.4 is 0 Å². The minimum absolute atomic E-state index is 0.278. The number of likely N-dealkylation sites (tertiary alicyclic amines) is 1. The first-order valence-electron chi connectivity index (χ1n) is 6.82. The number of nitrogens with zero attached hydrogens (tertiary/aromatic N) is 1. The molecular formula is C16H21NO. The van der Waals surface area contributed by atoms with Gasteiger partial charge in [-0.2, -0.15) is 0 Å². The summed E-state index contributed by atoms with van der Waals surface area (Å²) in [5.74, 6) is 0.278. The number of rotatable bonds is 5. The zero-order chi connectivity index (χ0) is 12.8. The zero-order valence-electron chi connectivity index (χ0n) is 11.1. The van der Waals surface area contributed by atoms with Gasteiger partial charge in [0.2, 0.25) is 5.91 Å². The van der Waals surface area contributed by atoms with Crippen molar-refractivity contribution < 1.29 is 4.79 Å². The lowest BCUT2D eigenvalue weighted by Gasteiger charge is -2.13. The number of amides is 1. The molecule has 0 aromatic heterocycles. The molecular weight excluding hydrogens is 222 g/mol. The maximum Gasteiger partial charge on any atom is 0.226 e. The van der Waals surface area contributed by atoms with Gasteiger partial charge in [-0.15, -0.1) is 0 Å². The van der Waals surface area contributed by atoms with E-state index in [2.05, 4.69) is 37.4 Å². The third-order valence-corrected chi connectivity index (χ3v) is 3.48. The van der Waals surface area contributed by atoms with E-state index in [0.29, 0.717) is 6.42 Å². The Hall–Kier alpha value is -1.57. The molecule has 96 valence electrons. The summed E-state index contributed by atoms with van der Waals surface area (Å²) >= 11 is 0. The summed E-state index contributed by atoms with van der Waals surface area (Å²) < 4.78 is 0. The fourth-order valence-electron chi connectivity index (χ4n) is 2.31. The second-order valence-electron chi connectivity index (χ2n) is 4.82. The summed E-state index contributed by atoms with van der Waals surface area (Å²) in [5, 5.41) is 0. The maximum absolute atomic E-state index is 11.6. The lowest BCUT2D eigenvalue weighted by molar-refractivity contribution is -0.125. The van der Waals surface area contributed by atoms with Gasteiger partial charge in [0.15, 0.2) is 0 Å². The molecule has 1 aromatic rings. The molecule has 0 radical (unpaired) electrons. The van der Waals surface area contributed by atoms with Crippen LogP contribution >= 0.6 is 0 Å². The summed E-state index contributed by atoms with van der Waals surface area (Å²) in [6, 6.07) is 10.5. The molecule has 0 atom stereocenters. The van der Waals surface area contributed by atoms with E-state index in [-0.39, 0.29) is 5.91 Å².